The van der Waals surface area contributed by atoms with E-state index in [0.717, 1.165) is 5.56 Å². The summed E-state index contributed by atoms with van der Waals surface area (Å²) >= 11 is 0. The molecule has 1 heterocycles. The molecule has 1 saturated heterocycles. The van der Waals surface area contributed by atoms with Crippen LogP contribution in [0.1, 0.15) is 11.6 Å². The Bertz CT molecular complexity index is 400. The second-order valence-corrected chi connectivity index (χ2v) is 5.09. The summed E-state index contributed by atoms with van der Waals surface area (Å²) in [6.07, 6.45) is -4.12. The minimum Gasteiger partial charge on any atom is -0.329 e. The van der Waals surface area contributed by atoms with Gasteiger partial charge in [0.1, 0.15) is 0 Å². The van der Waals surface area contributed by atoms with Crippen LogP contribution >= 0.6 is 0 Å². The normalized spacial score (nSPS) is 20.0. The zero-order valence-corrected chi connectivity index (χ0v) is 11.3. The summed E-state index contributed by atoms with van der Waals surface area (Å²) in [5.74, 6) is 0. The Morgan fingerprint density at radius 2 is 1.65 bits per heavy atom. The third-order valence-electron chi connectivity index (χ3n) is 3.66. The molecule has 6 heteroatoms. The van der Waals surface area contributed by atoms with E-state index in [9.17, 15) is 13.2 Å². The minimum absolute atomic E-state index is 0.0873. The van der Waals surface area contributed by atoms with Gasteiger partial charge in [-0.3, -0.25) is 9.80 Å². The smallest absolute Gasteiger partial charge is 0.329 e. The van der Waals surface area contributed by atoms with Crippen LogP contribution in [0.3, 0.4) is 0 Å². The van der Waals surface area contributed by atoms with Crippen molar-refractivity contribution in [3.8, 4) is 0 Å². The molecule has 2 N–H and O–H groups in total. The molecule has 1 fully saturated rings. The molecule has 0 saturated carbocycles. The minimum atomic E-state index is -4.12. The summed E-state index contributed by atoms with van der Waals surface area (Å²) in [4.78, 5) is 3.62. The fourth-order valence-electron chi connectivity index (χ4n) is 2.66. The van der Waals surface area contributed by atoms with Gasteiger partial charge in [-0.15, -0.1) is 0 Å². The second kappa shape index (κ2) is 6.56. The van der Waals surface area contributed by atoms with Crippen molar-refractivity contribution in [3.63, 3.8) is 0 Å². The van der Waals surface area contributed by atoms with Crippen molar-refractivity contribution in [3.05, 3.63) is 35.9 Å². The molecule has 1 aliphatic heterocycles. The Morgan fingerprint density at radius 3 is 2.15 bits per heavy atom. The van der Waals surface area contributed by atoms with E-state index in [2.05, 4.69) is 4.90 Å². The Hall–Kier alpha value is -1.11. The van der Waals surface area contributed by atoms with Crippen LogP contribution in [0.25, 0.3) is 0 Å². The Kier molecular flexibility index (Phi) is 5.01. The second-order valence-electron chi connectivity index (χ2n) is 5.09. The number of hydrogen-bond donors (Lipinski definition) is 1. The molecule has 1 unspecified atom stereocenters. The summed E-state index contributed by atoms with van der Waals surface area (Å²) in [7, 11) is 0. The summed E-state index contributed by atoms with van der Waals surface area (Å²) in [5, 5.41) is 0. The van der Waals surface area contributed by atoms with Gasteiger partial charge < -0.3 is 5.73 Å². The standard InChI is InChI=1S/C14H20F3N3/c15-14(16,17)11-19-6-8-20(9-7-19)13(10-18)12-4-2-1-3-5-12/h1-5,13H,6-11,18H2. The lowest BCUT2D eigenvalue weighted by Crippen LogP contribution is -2.51. The van der Waals surface area contributed by atoms with Gasteiger partial charge in [-0.2, -0.15) is 13.2 Å². The molecule has 112 valence electrons. The van der Waals surface area contributed by atoms with Gasteiger partial charge >= 0.3 is 6.18 Å². The zero-order chi connectivity index (χ0) is 14.6. The van der Waals surface area contributed by atoms with E-state index in [1.54, 1.807) is 0 Å². The van der Waals surface area contributed by atoms with Gasteiger partial charge in [0.05, 0.1) is 6.54 Å². The van der Waals surface area contributed by atoms with Crippen LogP contribution < -0.4 is 5.73 Å². The van der Waals surface area contributed by atoms with Crippen molar-refractivity contribution in [1.82, 2.24) is 9.80 Å². The van der Waals surface area contributed by atoms with Crippen molar-refractivity contribution >= 4 is 0 Å². The molecule has 20 heavy (non-hydrogen) atoms. The first kappa shape index (κ1) is 15.3. The van der Waals surface area contributed by atoms with Crippen LogP contribution in [0, 0.1) is 0 Å². The number of hydrogen-bond acceptors (Lipinski definition) is 3. The maximum Gasteiger partial charge on any atom is 0.401 e. The highest BCUT2D eigenvalue weighted by Crippen LogP contribution is 2.23. The number of halogens is 3. The quantitative estimate of drug-likeness (QED) is 0.917. The predicted molar refractivity (Wildman–Crippen MR) is 72.3 cm³/mol. The molecule has 1 aromatic rings. The summed E-state index contributed by atoms with van der Waals surface area (Å²) in [6, 6.07) is 9.97. The first-order chi connectivity index (χ1) is 9.49. The van der Waals surface area contributed by atoms with Crippen LogP contribution in [-0.4, -0.2) is 55.2 Å². The maximum atomic E-state index is 12.4. The van der Waals surface area contributed by atoms with Crippen LogP contribution in [0.4, 0.5) is 13.2 Å². The molecular formula is C14H20F3N3. The van der Waals surface area contributed by atoms with Crippen LogP contribution in [0.5, 0.6) is 0 Å². The van der Waals surface area contributed by atoms with Crippen LogP contribution in [0.2, 0.25) is 0 Å². The molecule has 1 aliphatic rings. The molecule has 0 amide bonds. The Morgan fingerprint density at radius 1 is 1.05 bits per heavy atom. The largest absolute Gasteiger partial charge is 0.401 e. The lowest BCUT2D eigenvalue weighted by atomic mass is 10.0. The number of piperazine rings is 1. The highest BCUT2D eigenvalue weighted by molar-refractivity contribution is 5.19. The fourth-order valence-corrected chi connectivity index (χ4v) is 2.66. The molecule has 0 aromatic heterocycles. The monoisotopic (exact) mass is 287 g/mol. The Balaban J connectivity index is 1.92. The van der Waals surface area contributed by atoms with Gasteiger partial charge in [0.25, 0.3) is 0 Å². The molecule has 1 atom stereocenters. The predicted octanol–water partition coefficient (Wildman–Crippen LogP) is 1.87. The highest BCUT2D eigenvalue weighted by Gasteiger charge is 2.33. The van der Waals surface area contributed by atoms with Gasteiger partial charge in [-0.25, -0.2) is 0 Å². The van der Waals surface area contributed by atoms with Crippen molar-refractivity contribution in [2.24, 2.45) is 5.73 Å². The molecule has 1 aromatic carbocycles. The van der Waals surface area contributed by atoms with Crippen molar-refractivity contribution in [1.29, 1.82) is 0 Å². The van der Waals surface area contributed by atoms with Gasteiger partial charge in [0.2, 0.25) is 0 Å². The lowest BCUT2D eigenvalue weighted by Gasteiger charge is -2.39. The first-order valence-corrected chi connectivity index (χ1v) is 6.78. The van der Waals surface area contributed by atoms with E-state index in [0.29, 0.717) is 32.7 Å². The summed E-state index contributed by atoms with van der Waals surface area (Å²) < 4.78 is 37.1. The van der Waals surface area contributed by atoms with Gasteiger partial charge in [0, 0.05) is 38.8 Å². The van der Waals surface area contributed by atoms with E-state index in [-0.39, 0.29) is 6.04 Å². The van der Waals surface area contributed by atoms with Gasteiger partial charge in [-0.1, -0.05) is 30.3 Å². The third-order valence-corrected chi connectivity index (χ3v) is 3.66. The van der Waals surface area contributed by atoms with Crippen LogP contribution in [0.15, 0.2) is 30.3 Å². The highest BCUT2D eigenvalue weighted by atomic mass is 19.4. The van der Waals surface area contributed by atoms with E-state index >= 15 is 0 Å². The van der Waals surface area contributed by atoms with Gasteiger partial charge in [-0.05, 0) is 5.56 Å². The zero-order valence-electron chi connectivity index (χ0n) is 11.3. The van der Waals surface area contributed by atoms with E-state index in [4.69, 9.17) is 5.73 Å². The first-order valence-electron chi connectivity index (χ1n) is 6.78. The van der Waals surface area contributed by atoms with Gasteiger partial charge in [0.15, 0.2) is 0 Å². The molecule has 0 aliphatic carbocycles. The lowest BCUT2D eigenvalue weighted by molar-refractivity contribution is -0.149. The number of rotatable bonds is 4. The van der Waals surface area contributed by atoms with Crippen molar-refractivity contribution in [2.45, 2.75) is 12.2 Å². The average Bonchev–Trinajstić information content (AvgIpc) is 2.41. The van der Waals surface area contributed by atoms with Crippen LogP contribution in [-0.2, 0) is 0 Å². The molecule has 0 spiro atoms. The Labute approximate surface area is 117 Å². The number of nitrogens with zero attached hydrogens (tertiary/aromatic N) is 2. The number of nitrogens with two attached hydrogens (primary N) is 1. The fraction of sp³-hybridized carbons (Fsp3) is 0.571. The average molecular weight is 287 g/mol. The number of benzene rings is 1. The van der Waals surface area contributed by atoms with Crippen molar-refractivity contribution in [2.75, 3.05) is 39.3 Å². The SMILES string of the molecule is NCC(c1ccccc1)N1CCN(CC(F)(F)F)CC1. The van der Waals surface area contributed by atoms with E-state index in [1.807, 2.05) is 30.3 Å². The van der Waals surface area contributed by atoms with Crippen molar-refractivity contribution < 1.29 is 13.2 Å². The topological polar surface area (TPSA) is 32.5 Å². The number of alkyl halides is 3. The summed E-state index contributed by atoms with van der Waals surface area (Å²) in [6.45, 7) is 1.76. The molecule has 0 radical (unpaired) electrons. The molecule has 2 rings (SSSR count). The summed E-state index contributed by atoms with van der Waals surface area (Å²) in [5.41, 5.74) is 6.96. The molecule has 0 bridgehead atoms. The van der Waals surface area contributed by atoms with E-state index in [1.165, 1.54) is 4.90 Å². The maximum absolute atomic E-state index is 12.4. The molecule has 3 nitrogen and oxygen atoms in total. The van der Waals surface area contributed by atoms with E-state index < -0.39 is 12.7 Å². The third kappa shape index (κ3) is 4.19. The molecular weight excluding hydrogens is 267 g/mol.